The van der Waals surface area contributed by atoms with E-state index in [4.69, 9.17) is 22.1 Å². The van der Waals surface area contributed by atoms with E-state index < -0.39 is 0 Å². The van der Waals surface area contributed by atoms with Crippen LogP contribution in [0.25, 0.3) is 0 Å². The molecule has 1 heterocycles. The molecule has 20 heavy (non-hydrogen) atoms. The Bertz CT molecular complexity index is 643. The number of anilines is 2. The first-order valence-electron chi connectivity index (χ1n) is 5.83. The van der Waals surface area contributed by atoms with Gasteiger partial charge in [-0.15, -0.1) is 11.3 Å². The lowest BCUT2D eigenvalue weighted by atomic mass is 10.2. The molecule has 106 valence electrons. The van der Waals surface area contributed by atoms with Crippen LogP contribution < -0.4 is 15.8 Å². The summed E-state index contributed by atoms with van der Waals surface area (Å²) in [6.07, 6.45) is 0.165. The number of amides is 1. The first-order valence-corrected chi connectivity index (χ1v) is 7.09. The van der Waals surface area contributed by atoms with Crippen LogP contribution in [0.3, 0.4) is 0 Å². The van der Waals surface area contributed by atoms with Crippen molar-refractivity contribution >= 4 is 39.7 Å². The summed E-state index contributed by atoms with van der Waals surface area (Å²) in [6.45, 7) is 1.86. The Labute approximate surface area is 125 Å². The Balaban J connectivity index is 2.13. The fourth-order valence-corrected chi connectivity index (χ4v) is 2.41. The van der Waals surface area contributed by atoms with E-state index in [0.717, 1.165) is 5.56 Å². The van der Waals surface area contributed by atoms with E-state index in [1.807, 2.05) is 6.92 Å². The van der Waals surface area contributed by atoms with Crippen LogP contribution in [0.15, 0.2) is 17.5 Å². The third-order valence-corrected chi connectivity index (χ3v) is 3.80. The number of nitrogen functional groups attached to an aromatic ring is 1. The van der Waals surface area contributed by atoms with E-state index in [2.05, 4.69) is 10.3 Å². The van der Waals surface area contributed by atoms with Crippen LogP contribution in [0.1, 0.15) is 11.3 Å². The number of aromatic nitrogens is 1. The molecule has 0 unspecified atom stereocenters. The number of hydrogen-bond donors (Lipinski definition) is 2. The second kappa shape index (κ2) is 6.11. The number of methoxy groups -OCH3 is 1. The smallest absolute Gasteiger partial charge is 0.230 e. The van der Waals surface area contributed by atoms with Crippen molar-refractivity contribution in [1.29, 1.82) is 0 Å². The topological polar surface area (TPSA) is 77.2 Å². The molecule has 0 atom stereocenters. The molecule has 0 aliphatic heterocycles. The molecule has 3 N–H and O–H groups in total. The monoisotopic (exact) mass is 311 g/mol. The molecule has 2 aromatic rings. The summed E-state index contributed by atoms with van der Waals surface area (Å²) < 4.78 is 5.20. The van der Waals surface area contributed by atoms with Crippen molar-refractivity contribution in [3.05, 3.63) is 33.8 Å². The molecule has 7 heteroatoms. The maximum Gasteiger partial charge on any atom is 0.230 e. The van der Waals surface area contributed by atoms with E-state index in [1.54, 1.807) is 17.5 Å². The standard InChI is InChI=1S/C13H14ClN3O2S/c1-7-3-10(11(19-2)5-9(7)14)17-12(18)4-8-6-20-13(15)16-8/h3,5-6H,4H2,1-2H3,(H2,15,16)(H,17,18). The van der Waals surface area contributed by atoms with Crippen LogP contribution in [0.5, 0.6) is 5.75 Å². The van der Waals surface area contributed by atoms with Gasteiger partial charge in [-0.25, -0.2) is 4.98 Å². The van der Waals surface area contributed by atoms with E-state index >= 15 is 0 Å². The first-order chi connectivity index (χ1) is 9.49. The Hall–Kier alpha value is -1.79. The lowest BCUT2D eigenvalue weighted by Crippen LogP contribution is -2.15. The zero-order valence-corrected chi connectivity index (χ0v) is 12.6. The molecule has 0 bridgehead atoms. The molecule has 0 saturated carbocycles. The predicted molar refractivity (Wildman–Crippen MR) is 81.6 cm³/mol. The summed E-state index contributed by atoms with van der Waals surface area (Å²) in [5.41, 5.74) is 7.63. The molecule has 2 rings (SSSR count). The van der Waals surface area contributed by atoms with E-state index in [0.29, 0.717) is 27.3 Å². The van der Waals surface area contributed by atoms with Gasteiger partial charge in [0.1, 0.15) is 5.75 Å². The second-order valence-corrected chi connectivity index (χ2v) is 5.50. The van der Waals surface area contributed by atoms with Crippen molar-refractivity contribution in [1.82, 2.24) is 4.98 Å². The van der Waals surface area contributed by atoms with E-state index in [1.165, 1.54) is 18.4 Å². The summed E-state index contributed by atoms with van der Waals surface area (Å²) in [7, 11) is 1.53. The molecular formula is C13H14ClN3O2S. The van der Waals surface area contributed by atoms with Crippen LogP contribution in [-0.2, 0) is 11.2 Å². The number of rotatable bonds is 4. The number of thiazole rings is 1. The SMILES string of the molecule is COc1cc(Cl)c(C)cc1NC(=O)Cc1csc(N)n1. The van der Waals surface area contributed by atoms with Crippen LogP contribution >= 0.6 is 22.9 Å². The van der Waals surface area contributed by atoms with Crippen molar-refractivity contribution in [2.75, 3.05) is 18.2 Å². The Morgan fingerprint density at radius 2 is 2.30 bits per heavy atom. The van der Waals surface area contributed by atoms with Gasteiger partial charge in [-0.2, -0.15) is 0 Å². The summed E-state index contributed by atoms with van der Waals surface area (Å²) in [5.74, 6) is 0.335. The van der Waals surface area contributed by atoms with Gasteiger partial charge in [-0.3, -0.25) is 4.79 Å². The van der Waals surface area contributed by atoms with Crippen molar-refractivity contribution in [3.8, 4) is 5.75 Å². The average Bonchev–Trinajstić information content (AvgIpc) is 2.78. The van der Waals surface area contributed by atoms with Crippen molar-refractivity contribution < 1.29 is 9.53 Å². The second-order valence-electron chi connectivity index (χ2n) is 4.20. The maximum absolute atomic E-state index is 12.0. The third kappa shape index (κ3) is 3.40. The van der Waals surface area contributed by atoms with Gasteiger partial charge in [0.15, 0.2) is 5.13 Å². The number of hydrogen-bond acceptors (Lipinski definition) is 5. The molecule has 1 aromatic heterocycles. The predicted octanol–water partition coefficient (Wildman–Crippen LogP) is 2.88. The molecular weight excluding hydrogens is 298 g/mol. The Morgan fingerprint density at radius 3 is 2.90 bits per heavy atom. The molecule has 0 radical (unpaired) electrons. The molecule has 1 aromatic carbocycles. The van der Waals surface area contributed by atoms with Gasteiger partial charge in [0.25, 0.3) is 0 Å². The minimum atomic E-state index is -0.185. The van der Waals surface area contributed by atoms with Crippen LogP contribution in [-0.4, -0.2) is 18.0 Å². The highest BCUT2D eigenvalue weighted by Gasteiger charge is 2.12. The number of carbonyl (C=O) groups is 1. The highest BCUT2D eigenvalue weighted by molar-refractivity contribution is 7.13. The fourth-order valence-electron chi connectivity index (χ4n) is 1.69. The summed E-state index contributed by atoms with van der Waals surface area (Å²) in [5, 5.41) is 5.59. The number of aryl methyl sites for hydroxylation is 1. The molecule has 5 nitrogen and oxygen atoms in total. The average molecular weight is 312 g/mol. The molecule has 0 aliphatic rings. The van der Waals surface area contributed by atoms with E-state index in [9.17, 15) is 4.79 Å². The summed E-state index contributed by atoms with van der Waals surface area (Å²) >= 11 is 7.33. The Kier molecular flexibility index (Phi) is 4.46. The quantitative estimate of drug-likeness (QED) is 0.910. The van der Waals surface area contributed by atoms with Crippen LogP contribution in [0.2, 0.25) is 5.02 Å². The van der Waals surface area contributed by atoms with Gasteiger partial charge in [0.2, 0.25) is 5.91 Å². The van der Waals surface area contributed by atoms with Gasteiger partial charge < -0.3 is 15.8 Å². The lowest BCUT2D eigenvalue weighted by Gasteiger charge is -2.11. The third-order valence-electron chi connectivity index (χ3n) is 2.67. The summed E-state index contributed by atoms with van der Waals surface area (Å²) in [4.78, 5) is 16.0. The number of benzene rings is 1. The minimum Gasteiger partial charge on any atom is -0.495 e. The lowest BCUT2D eigenvalue weighted by molar-refractivity contribution is -0.115. The number of halogens is 1. The number of nitrogens with zero attached hydrogens (tertiary/aromatic N) is 1. The molecule has 0 spiro atoms. The van der Waals surface area contributed by atoms with Crippen LogP contribution in [0.4, 0.5) is 10.8 Å². The maximum atomic E-state index is 12.0. The fraction of sp³-hybridized carbons (Fsp3) is 0.231. The van der Waals surface area contributed by atoms with Gasteiger partial charge >= 0.3 is 0 Å². The van der Waals surface area contributed by atoms with Crippen molar-refractivity contribution in [2.24, 2.45) is 0 Å². The molecule has 0 fully saturated rings. The van der Waals surface area contributed by atoms with Gasteiger partial charge in [-0.05, 0) is 18.6 Å². The van der Waals surface area contributed by atoms with Gasteiger partial charge in [0, 0.05) is 16.5 Å². The van der Waals surface area contributed by atoms with Gasteiger partial charge in [0.05, 0.1) is 24.9 Å². The number of carbonyl (C=O) groups excluding carboxylic acids is 1. The number of ether oxygens (including phenoxy) is 1. The highest BCUT2D eigenvalue weighted by Crippen LogP contribution is 2.31. The molecule has 0 aliphatic carbocycles. The zero-order chi connectivity index (χ0) is 14.7. The molecule has 0 saturated heterocycles. The number of nitrogens with one attached hydrogen (secondary N) is 1. The number of nitrogens with two attached hydrogens (primary N) is 1. The van der Waals surface area contributed by atoms with Crippen molar-refractivity contribution in [2.45, 2.75) is 13.3 Å². The normalized spacial score (nSPS) is 10.3. The van der Waals surface area contributed by atoms with Gasteiger partial charge in [-0.1, -0.05) is 11.6 Å². The minimum absolute atomic E-state index is 0.165. The first kappa shape index (κ1) is 14.6. The van der Waals surface area contributed by atoms with E-state index in [-0.39, 0.29) is 12.3 Å². The zero-order valence-electron chi connectivity index (χ0n) is 11.1. The van der Waals surface area contributed by atoms with Crippen LogP contribution in [0, 0.1) is 6.92 Å². The largest absolute Gasteiger partial charge is 0.495 e. The molecule has 1 amide bonds. The van der Waals surface area contributed by atoms with Crippen molar-refractivity contribution in [3.63, 3.8) is 0 Å². The summed E-state index contributed by atoms with van der Waals surface area (Å²) in [6, 6.07) is 3.45. The Morgan fingerprint density at radius 1 is 1.55 bits per heavy atom. The highest BCUT2D eigenvalue weighted by atomic mass is 35.5.